The quantitative estimate of drug-likeness (QED) is 0.615. The molecule has 1 aromatic rings. The molecule has 0 fully saturated rings. The van der Waals surface area contributed by atoms with Gasteiger partial charge in [-0.1, -0.05) is 11.6 Å². The Labute approximate surface area is 134 Å². The van der Waals surface area contributed by atoms with Crippen molar-refractivity contribution in [3.05, 3.63) is 27.2 Å². The summed E-state index contributed by atoms with van der Waals surface area (Å²) in [5, 5.41) is 21.5. The average molecular weight is 388 g/mol. The molecule has 0 aliphatic carbocycles. The Morgan fingerprint density at radius 1 is 1.45 bits per heavy atom. The van der Waals surface area contributed by atoms with Crippen LogP contribution in [0.4, 0.5) is 0 Å². The average Bonchev–Trinajstić information content (AvgIpc) is 2.32. The fraction of sp³-hybridized carbons (Fsp3) is 0.273. The molecule has 9 heteroatoms. The van der Waals surface area contributed by atoms with Crippen LogP contribution in [0.15, 0.2) is 16.6 Å². The molecule has 0 heterocycles. The van der Waals surface area contributed by atoms with Crippen molar-refractivity contribution in [1.82, 2.24) is 5.32 Å². The standard InChI is InChI=1S/C11H12BrClN2O4.ClH/c12-7-2-5(13)1-6(11(7)19)8(3-10(17)18)15-9(16)4-14;/h1-2,8,19H,3-4,14H2,(H,15,16)(H,17,18);1H/t8-;/m1./s1. The van der Waals surface area contributed by atoms with E-state index in [1.54, 1.807) is 0 Å². The maximum atomic E-state index is 11.3. The number of rotatable bonds is 5. The van der Waals surface area contributed by atoms with Crippen molar-refractivity contribution in [3.63, 3.8) is 0 Å². The normalized spacial score (nSPS) is 11.3. The summed E-state index contributed by atoms with van der Waals surface area (Å²) in [5.74, 6) is -1.83. The lowest BCUT2D eigenvalue weighted by molar-refractivity contribution is -0.137. The van der Waals surface area contributed by atoms with Crippen molar-refractivity contribution in [2.24, 2.45) is 5.73 Å². The Kier molecular flexibility index (Phi) is 7.88. The zero-order chi connectivity index (χ0) is 14.6. The van der Waals surface area contributed by atoms with Crippen LogP contribution in [-0.2, 0) is 9.59 Å². The van der Waals surface area contributed by atoms with Gasteiger partial charge in [-0.05, 0) is 28.1 Å². The third kappa shape index (κ3) is 5.16. The van der Waals surface area contributed by atoms with Gasteiger partial charge in [-0.2, -0.15) is 0 Å². The maximum absolute atomic E-state index is 11.3. The lowest BCUT2D eigenvalue weighted by atomic mass is 10.0. The Morgan fingerprint density at radius 3 is 2.55 bits per heavy atom. The molecule has 1 aromatic carbocycles. The second kappa shape index (κ2) is 8.31. The number of halogens is 3. The number of nitrogens with two attached hydrogens (primary N) is 1. The summed E-state index contributed by atoms with van der Waals surface area (Å²) in [6, 6.07) is 1.94. The van der Waals surface area contributed by atoms with Gasteiger partial charge in [-0.15, -0.1) is 12.4 Å². The first kappa shape index (κ1) is 19.0. The monoisotopic (exact) mass is 386 g/mol. The highest BCUT2D eigenvalue weighted by Crippen LogP contribution is 2.36. The van der Waals surface area contributed by atoms with Crippen molar-refractivity contribution in [3.8, 4) is 5.75 Å². The summed E-state index contributed by atoms with van der Waals surface area (Å²) in [7, 11) is 0. The summed E-state index contributed by atoms with van der Waals surface area (Å²) in [4.78, 5) is 22.1. The Morgan fingerprint density at radius 2 is 2.05 bits per heavy atom. The van der Waals surface area contributed by atoms with E-state index in [2.05, 4.69) is 21.2 Å². The number of aliphatic carboxylic acids is 1. The number of hydrogen-bond donors (Lipinski definition) is 4. The molecule has 1 atom stereocenters. The van der Waals surface area contributed by atoms with E-state index in [4.69, 9.17) is 22.4 Å². The van der Waals surface area contributed by atoms with Gasteiger partial charge in [-0.25, -0.2) is 0 Å². The predicted molar refractivity (Wildman–Crippen MR) is 80.3 cm³/mol. The van der Waals surface area contributed by atoms with Crippen molar-refractivity contribution in [1.29, 1.82) is 0 Å². The van der Waals surface area contributed by atoms with Gasteiger partial charge in [-0.3, -0.25) is 9.59 Å². The van der Waals surface area contributed by atoms with E-state index in [0.717, 1.165) is 0 Å². The summed E-state index contributed by atoms with van der Waals surface area (Å²) in [6.07, 6.45) is -0.397. The van der Waals surface area contributed by atoms with Crippen LogP contribution in [0.3, 0.4) is 0 Å². The number of nitrogens with one attached hydrogen (secondary N) is 1. The molecule has 0 radical (unpaired) electrons. The van der Waals surface area contributed by atoms with Gasteiger partial charge in [0.2, 0.25) is 5.91 Å². The molecular weight excluding hydrogens is 375 g/mol. The summed E-state index contributed by atoms with van der Waals surface area (Å²) in [6.45, 7) is -0.279. The number of amides is 1. The third-order valence-electron chi connectivity index (χ3n) is 2.33. The lowest BCUT2D eigenvalue weighted by Gasteiger charge is -2.19. The van der Waals surface area contributed by atoms with Gasteiger partial charge >= 0.3 is 5.97 Å². The molecule has 0 bridgehead atoms. The fourth-order valence-corrected chi connectivity index (χ4v) is 2.35. The number of carboxylic acids is 1. The predicted octanol–water partition coefficient (Wildman–Crippen LogP) is 1.82. The van der Waals surface area contributed by atoms with Crippen LogP contribution in [0.25, 0.3) is 0 Å². The van der Waals surface area contributed by atoms with Gasteiger partial charge < -0.3 is 21.3 Å². The van der Waals surface area contributed by atoms with E-state index in [1.165, 1.54) is 12.1 Å². The number of carbonyl (C=O) groups is 2. The minimum atomic E-state index is -1.13. The molecule has 0 aromatic heterocycles. The molecule has 6 nitrogen and oxygen atoms in total. The minimum absolute atomic E-state index is 0. The largest absolute Gasteiger partial charge is 0.506 e. The SMILES string of the molecule is Cl.NCC(=O)N[C@H](CC(=O)O)c1cc(Cl)cc(Br)c1O. The third-order valence-corrected chi connectivity index (χ3v) is 3.16. The number of hydrogen-bond acceptors (Lipinski definition) is 4. The summed E-state index contributed by atoms with van der Waals surface area (Å²) < 4.78 is 0.312. The topological polar surface area (TPSA) is 113 Å². The van der Waals surface area contributed by atoms with E-state index in [1.807, 2.05) is 0 Å². The molecule has 5 N–H and O–H groups in total. The molecule has 1 rings (SSSR count). The zero-order valence-electron chi connectivity index (χ0n) is 10.1. The molecule has 1 amide bonds. The molecule has 0 aliphatic rings. The number of phenols is 1. The minimum Gasteiger partial charge on any atom is -0.506 e. The molecule has 0 saturated heterocycles. The van der Waals surface area contributed by atoms with Crippen LogP contribution in [-0.4, -0.2) is 28.6 Å². The zero-order valence-corrected chi connectivity index (χ0v) is 13.3. The van der Waals surface area contributed by atoms with Crippen LogP contribution in [0.1, 0.15) is 18.0 Å². The maximum Gasteiger partial charge on any atom is 0.305 e. The number of benzene rings is 1. The van der Waals surface area contributed by atoms with Crippen LogP contribution in [0.2, 0.25) is 5.02 Å². The molecule has 0 saturated carbocycles. The van der Waals surface area contributed by atoms with Crippen molar-refractivity contribution >= 4 is 51.8 Å². The van der Waals surface area contributed by atoms with E-state index in [9.17, 15) is 14.7 Å². The van der Waals surface area contributed by atoms with Crippen molar-refractivity contribution in [2.45, 2.75) is 12.5 Å². The first-order valence-corrected chi connectivity index (χ1v) is 6.41. The number of carbonyl (C=O) groups excluding carboxylic acids is 1. The van der Waals surface area contributed by atoms with Gasteiger partial charge in [0.15, 0.2) is 0 Å². The Balaban J connectivity index is 0.00000361. The number of aromatic hydroxyl groups is 1. The second-order valence-corrected chi connectivity index (χ2v) is 5.04. The number of carboxylic acid groups (broad SMARTS) is 1. The van der Waals surface area contributed by atoms with E-state index < -0.39 is 24.3 Å². The second-order valence-electron chi connectivity index (χ2n) is 3.75. The Bertz CT molecular complexity index is 513. The summed E-state index contributed by atoms with van der Waals surface area (Å²) >= 11 is 8.94. The van der Waals surface area contributed by atoms with Crippen LogP contribution in [0, 0.1) is 0 Å². The van der Waals surface area contributed by atoms with Crippen molar-refractivity contribution < 1.29 is 19.8 Å². The number of phenolic OH excluding ortho intramolecular Hbond substituents is 1. The van der Waals surface area contributed by atoms with E-state index in [-0.39, 0.29) is 30.3 Å². The highest BCUT2D eigenvalue weighted by Gasteiger charge is 2.22. The fourth-order valence-electron chi connectivity index (χ4n) is 1.52. The highest BCUT2D eigenvalue weighted by molar-refractivity contribution is 9.10. The first-order valence-electron chi connectivity index (χ1n) is 5.24. The molecule has 0 spiro atoms. The summed E-state index contributed by atoms with van der Waals surface area (Å²) in [5.41, 5.74) is 5.38. The van der Waals surface area contributed by atoms with Crippen molar-refractivity contribution in [2.75, 3.05) is 6.54 Å². The van der Waals surface area contributed by atoms with E-state index in [0.29, 0.717) is 9.50 Å². The lowest BCUT2D eigenvalue weighted by Crippen LogP contribution is -2.34. The Hall–Kier alpha value is -1.02. The van der Waals surface area contributed by atoms with Crippen LogP contribution >= 0.6 is 39.9 Å². The first-order chi connectivity index (χ1) is 8.85. The molecule has 0 unspecified atom stereocenters. The molecule has 112 valence electrons. The van der Waals surface area contributed by atoms with E-state index >= 15 is 0 Å². The molecular formula is C11H13BrCl2N2O4. The smallest absolute Gasteiger partial charge is 0.305 e. The van der Waals surface area contributed by atoms with Crippen LogP contribution in [0.5, 0.6) is 5.75 Å². The molecule has 20 heavy (non-hydrogen) atoms. The van der Waals surface area contributed by atoms with Gasteiger partial charge in [0.25, 0.3) is 0 Å². The van der Waals surface area contributed by atoms with Crippen LogP contribution < -0.4 is 11.1 Å². The van der Waals surface area contributed by atoms with Gasteiger partial charge in [0.1, 0.15) is 5.75 Å². The van der Waals surface area contributed by atoms with Gasteiger partial charge in [0, 0.05) is 10.6 Å². The highest BCUT2D eigenvalue weighted by atomic mass is 79.9. The molecule has 0 aliphatic heterocycles. The van der Waals surface area contributed by atoms with Gasteiger partial charge in [0.05, 0.1) is 23.5 Å².